The number of hydrogen-bond acceptors (Lipinski definition) is 2. The van der Waals surface area contributed by atoms with Crippen molar-refractivity contribution in [2.24, 2.45) is 0 Å². The third-order valence-electron chi connectivity index (χ3n) is 4.51. The molecule has 0 bridgehead atoms. The van der Waals surface area contributed by atoms with Crippen molar-refractivity contribution in [3.63, 3.8) is 0 Å². The van der Waals surface area contributed by atoms with Gasteiger partial charge in [-0.1, -0.05) is 29.8 Å². The number of aromatic nitrogens is 2. The number of benzene rings is 2. The second kappa shape index (κ2) is 5.91. The van der Waals surface area contributed by atoms with Crippen molar-refractivity contribution in [2.75, 3.05) is 16.8 Å². The van der Waals surface area contributed by atoms with Crippen molar-refractivity contribution in [3.05, 3.63) is 53.6 Å². The van der Waals surface area contributed by atoms with Crippen LogP contribution >= 0.6 is 12.2 Å². The number of fused-ring (bicyclic) bond motifs is 3. The molecule has 122 valence electrons. The molecule has 4 rings (SSSR count). The lowest BCUT2D eigenvalue weighted by molar-refractivity contribution is 0.612. The summed E-state index contributed by atoms with van der Waals surface area (Å²) in [4.78, 5) is 6.90. The van der Waals surface area contributed by atoms with E-state index < -0.39 is 0 Å². The second-order valence-electron chi connectivity index (χ2n) is 6.31. The third kappa shape index (κ3) is 2.55. The summed E-state index contributed by atoms with van der Waals surface area (Å²) in [6.45, 7) is 6.07. The number of thiocarbonyl (C=S) groups is 1. The molecule has 1 aliphatic heterocycles. The number of para-hydroxylation sites is 2. The summed E-state index contributed by atoms with van der Waals surface area (Å²) in [7, 11) is 0. The first kappa shape index (κ1) is 15.1. The molecule has 0 amide bonds. The summed E-state index contributed by atoms with van der Waals surface area (Å²) in [5, 5.41) is 4.10. The lowest BCUT2D eigenvalue weighted by Gasteiger charge is -2.30. The fraction of sp³-hybridized carbons (Fsp3) is 0.263. The first-order valence-corrected chi connectivity index (χ1v) is 8.65. The van der Waals surface area contributed by atoms with Gasteiger partial charge in [-0.3, -0.25) is 4.90 Å². The van der Waals surface area contributed by atoms with E-state index in [4.69, 9.17) is 17.2 Å². The van der Waals surface area contributed by atoms with E-state index in [-0.39, 0.29) is 0 Å². The zero-order chi connectivity index (χ0) is 16.7. The monoisotopic (exact) mass is 336 g/mol. The molecule has 2 heterocycles. The molecule has 1 aromatic heterocycles. The maximum atomic E-state index is 5.69. The number of hydrogen-bond donors (Lipinski definition) is 1. The quantitative estimate of drug-likeness (QED) is 0.673. The molecule has 0 radical (unpaired) electrons. The molecule has 0 atom stereocenters. The van der Waals surface area contributed by atoms with Crippen LogP contribution in [-0.4, -0.2) is 21.2 Å². The Hall–Kier alpha value is -2.40. The highest BCUT2D eigenvalue weighted by molar-refractivity contribution is 7.80. The summed E-state index contributed by atoms with van der Waals surface area (Å²) in [6, 6.07) is 14.6. The molecule has 0 saturated heterocycles. The Morgan fingerprint density at radius 1 is 1.12 bits per heavy atom. The average molecular weight is 336 g/mol. The molecule has 1 N–H and O–H groups in total. The summed E-state index contributed by atoms with van der Waals surface area (Å²) >= 11 is 5.69. The number of nitrogens with zero attached hydrogens (tertiary/aromatic N) is 3. The lowest BCUT2D eigenvalue weighted by Crippen LogP contribution is -2.40. The van der Waals surface area contributed by atoms with Gasteiger partial charge < -0.3 is 9.88 Å². The van der Waals surface area contributed by atoms with Gasteiger partial charge in [-0.2, -0.15) is 0 Å². The van der Waals surface area contributed by atoms with E-state index in [1.807, 2.05) is 6.07 Å². The van der Waals surface area contributed by atoms with Crippen LogP contribution in [-0.2, 0) is 6.54 Å². The molecule has 0 unspecified atom stereocenters. The van der Waals surface area contributed by atoms with Crippen LogP contribution in [0, 0.1) is 13.8 Å². The number of anilines is 2. The van der Waals surface area contributed by atoms with Crippen LogP contribution in [0.15, 0.2) is 42.5 Å². The van der Waals surface area contributed by atoms with Crippen LogP contribution < -0.4 is 10.2 Å². The highest BCUT2D eigenvalue weighted by Gasteiger charge is 2.24. The predicted octanol–water partition coefficient (Wildman–Crippen LogP) is 4.26. The highest BCUT2D eigenvalue weighted by atomic mass is 32.1. The summed E-state index contributed by atoms with van der Waals surface area (Å²) in [6.07, 6.45) is 1.06. The van der Waals surface area contributed by atoms with Crippen molar-refractivity contribution >= 4 is 40.0 Å². The highest BCUT2D eigenvalue weighted by Crippen LogP contribution is 2.27. The number of nitrogens with one attached hydrogen (secondary N) is 1. The third-order valence-corrected chi connectivity index (χ3v) is 4.83. The van der Waals surface area contributed by atoms with Gasteiger partial charge in [-0.25, -0.2) is 4.98 Å². The van der Waals surface area contributed by atoms with Gasteiger partial charge in [0.2, 0.25) is 5.95 Å². The van der Waals surface area contributed by atoms with Crippen molar-refractivity contribution < 1.29 is 0 Å². The molecule has 0 spiro atoms. The van der Waals surface area contributed by atoms with Crippen molar-refractivity contribution in [1.82, 2.24) is 9.55 Å². The van der Waals surface area contributed by atoms with E-state index >= 15 is 0 Å². The molecule has 3 aromatic rings. The van der Waals surface area contributed by atoms with Crippen LogP contribution in [0.1, 0.15) is 17.5 Å². The molecule has 5 heteroatoms. The van der Waals surface area contributed by atoms with Crippen LogP contribution in [0.4, 0.5) is 11.6 Å². The minimum atomic E-state index is 0.707. The molecular weight excluding hydrogens is 316 g/mol. The van der Waals surface area contributed by atoms with Crippen molar-refractivity contribution in [2.45, 2.75) is 26.8 Å². The molecular formula is C19H20N4S. The van der Waals surface area contributed by atoms with Gasteiger partial charge in [0.25, 0.3) is 0 Å². The Morgan fingerprint density at radius 2 is 1.96 bits per heavy atom. The van der Waals surface area contributed by atoms with Crippen LogP contribution in [0.2, 0.25) is 0 Å². The van der Waals surface area contributed by atoms with E-state index in [0.29, 0.717) is 5.11 Å². The van der Waals surface area contributed by atoms with E-state index in [1.54, 1.807) is 0 Å². The fourth-order valence-electron chi connectivity index (χ4n) is 3.31. The number of aryl methyl sites for hydroxylation is 3. The van der Waals surface area contributed by atoms with Gasteiger partial charge >= 0.3 is 0 Å². The summed E-state index contributed by atoms with van der Waals surface area (Å²) in [5.74, 6) is 0.935. The van der Waals surface area contributed by atoms with Gasteiger partial charge in [-0.05, 0) is 56.2 Å². The maximum Gasteiger partial charge on any atom is 0.212 e. The van der Waals surface area contributed by atoms with E-state index in [1.165, 1.54) is 16.6 Å². The Kier molecular flexibility index (Phi) is 3.73. The zero-order valence-corrected chi connectivity index (χ0v) is 14.7. The van der Waals surface area contributed by atoms with E-state index in [0.717, 1.165) is 36.7 Å². The minimum absolute atomic E-state index is 0.707. The van der Waals surface area contributed by atoms with Crippen LogP contribution in [0.3, 0.4) is 0 Å². The summed E-state index contributed by atoms with van der Waals surface area (Å²) < 4.78 is 2.26. The van der Waals surface area contributed by atoms with Crippen LogP contribution in [0.5, 0.6) is 0 Å². The first-order valence-electron chi connectivity index (χ1n) is 8.24. The summed E-state index contributed by atoms with van der Waals surface area (Å²) in [5.41, 5.74) is 5.70. The first-order chi connectivity index (χ1) is 11.6. The molecule has 0 fully saturated rings. The smallest absolute Gasteiger partial charge is 0.212 e. The Morgan fingerprint density at radius 3 is 2.79 bits per heavy atom. The molecule has 2 aromatic carbocycles. The van der Waals surface area contributed by atoms with Crippen molar-refractivity contribution in [3.8, 4) is 0 Å². The van der Waals surface area contributed by atoms with E-state index in [2.05, 4.69) is 65.0 Å². The number of rotatable bonds is 1. The SMILES string of the molecule is Cc1ccc(NC(=S)N2CCCn3c2nc2ccccc23)c(C)c1. The topological polar surface area (TPSA) is 33.1 Å². The Labute approximate surface area is 147 Å². The van der Waals surface area contributed by atoms with Crippen molar-refractivity contribution in [1.29, 1.82) is 0 Å². The normalized spacial score (nSPS) is 13.8. The largest absolute Gasteiger partial charge is 0.332 e. The van der Waals surface area contributed by atoms with Gasteiger partial charge in [0, 0.05) is 18.8 Å². The standard InChI is InChI=1S/C19H20N4S/c1-13-8-9-15(14(2)12-13)21-19(24)23-11-5-10-22-17-7-4-3-6-16(17)20-18(22)23/h3-4,6-9,12H,5,10-11H2,1-2H3,(H,21,24). The zero-order valence-electron chi connectivity index (χ0n) is 13.9. The number of imidazole rings is 1. The predicted molar refractivity (Wildman–Crippen MR) is 104 cm³/mol. The molecule has 1 aliphatic rings. The minimum Gasteiger partial charge on any atom is -0.332 e. The fourth-order valence-corrected chi connectivity index (χ4v) is 3.59. The molecule has 24 heavy (non-hydrogen) atoms. The molecule has 4 nitrogen and oxygen atoms in total. The van der Waals surface area contributed by atoms with Gasteiger partial charge in [-0.15, -0.1) is 0 Å². The van der Waals surface area contributed by atoms with Gasteiger partial charge in [0.05, 0.1) is 11.0 Å². The van der Waals surface area contributed by atoms with Crippen LogP contribution in [0.25, 0.3) is 11.0 Å². The van der Waals surface area contributed by atoms with Gasteiger partial charge in [0.15, 0.2) is 5.11 Å². The van der Waals surface area contributed by atoms with Gasteiger partial charge in [0.1, 0.15) is 0 Å². The molecule has 0 saturated carbocycles. The average Bonchev–Trinajstić information content (AvgIpc) is 2.96. The molecule has 0 aliphatic carbocycles. The maximum absolute atomic E-state index is 5.69. The lowest BCUT2D eigenvalue weighted by atomic mass is 10.1. The second-order valence-corrected chi connectivity index (χ2v) is 6.69. The Balaban J connectivity index is 1.67. The van der Waals surface area contributed by atoms with E-state index in [9.17, 15) is 0 Å². The Bertz CT molecular complexity index is 928.